The van der Waals surface area contributed by atoms with E-state index < -0.39 is 0 Å². The molecule has 0 atom stereocenters. The lowest BCUT2D eigenvalue weighted by Crippen LogP contribution is -2.50. The normalized spacial score (nSPS) is 13.5. The molecule has 4 aromatic rings. The number of ether oxygens (including phenoxy) is 2. The Kier molecular flexibility index (Phi) is 6.34. The van der Waals surface area contributed by atoms with Gasteiger partial charge in [-0.3, -0.25) is 0 Å². The van der Waals surface area contributed by atoms with Crippen LogP contribution in [0.4, 0.5) is 16.3 Å². The highest BCUT2D eigenvalue weighted by atomic mass is 16.5. The first-order valence-corrected chi connectivity index (χ1v) is 11.5. The van der Waals surface area contributed by atoms with E-state index in [9.17, 15) is 4.79 Å². The van der Waals surface area contributed by atoms with Crippen LogP contribution in [0.25, 0.3) is 22.0 Å². The number of nitrogens with one attached hydrogen (secondary N) is 1. The molecule has 0 spiro atoms. The molecule has 1 aliphatic rings. The molecule has 1 N–H and O–H groups in total. The summed E-state index contributed by atoms with van der Waals surface area (Å²) >= 11 is 0. The summed E-state index contributed by atoms with van der Waals surface area (Å²) in [7, 11) is 3.15. The number of anilines is 2. The molecular formula is C27H27N5O3. The van der Waals surface area contributed by atoms with Gasteiger partial charge in [-0.15, -0.1) is 10.2 Å². The van der Waals surface area contributed by atoms with E-state index in [0.29, 0.717) is 43.4 Å². The summed E-state index contributed by atoms with van der Waals surface area (Å²) in [5.74, 6) is 2.00. The Balaban J connectivity index is 1.19. The van der Waals surface area contributed by atoms with Crippen LogP contribution in [0.3, 0.4) is 0 Å². The molecule has 0 unspecified atom stereocenters. The summed E-state index contributed by atoms with van der Waals surface area (Å²) in [6.45, 7) is 2.55. The van der Waals surface area contributed by atoms with Crippen LogP contribution in [-0.2, 0) is 0 Å². The fourth-order valence-corrected chi connectivity index (χ4v) is 4.25. The fourth-order valence-electron chi connectivity index (χ4n) is 4.25. The molecule has 1 saturated heterocycles. The van der Waals surface area contributed by atoms with Crippen molar-refractivity contribution in [1.29, 1.82) is 0 Å². The van der Waals surface area contributed by atoms with E-state index in [-0.39, 0.29) is 6.03 Å². The smallest absolute Gasteiger partial charge is 0.321 e. The Morgan fingerprint density at radius 2 is 1.57 bits per heavy atom. The van der Waals surface area contributed by atoms with Crippen LogP contribution in [0, 0.1) is 0 Å². The van der Waals surface area contributed by atoms with Crippen molar-refractivity contribution >= 4 is 28.3 Å². The highest BCUT2D eigenvalue weighted by Crippen LogP contribution is 2.30. The maximum atomic E-state index is 12.8. The second-order valence-corrected chi connectivity index (χ2v) is 8.31. The number of amides is 2. The molecule has 35 heavy (non-hydrogen) atoms. The Morgan fingerprint density at radius 1 is 0.800 bits per heavy atom. The minimum atomic E-state index is -0.144. The molecule has 2 heterocycles. The molecule has 0 bridgehead atoms. The first-order chi connectivity index (χ1) is 17.1. The second kappa shape index (κ2) is 9.89. The molecule has 5 rings (SSSR count). The predicted octanol–water partition coefficient (Wildman–Crippen LogP) is 4.67. The lowest BCUT2D eigenvalue weighted by atomic mass is 10.1. The van der Waals surface area contributed by atoms with Gasteiger partial charge in [-0.2, -0.15) is 0 Å². The molecule has 2 amide bonds. The van der Waals surface area contributed by atoms with Crippen LogP contribution in [-0.4, -0.2) is 61.5 Å². The third-order valence-electron chi connectivity index (χ3n) is 6.22. The standard InChI is InChI=1S/C27H27N5O3/c1-34-24-11-9-22(18-25(24)35-2)28-27(33)32-15-13-31(14-16-32)26-12-10-23(29-30-26)21-8-7-19-5-3-4-6-20(19)17-21/h3-12,17-18H,13-16H2,1-2H3,(H,28,33). The number of hydrogen-bond donors (Lipinski definition) is 1. The summed E-state index contributed by atoms with van der Waals surface area (Å²) in [6.07, 6.45) is 0. The number of methoxy groups -OCH3 is 2. The van der Waals surface area contributed by atoms with Gasteiger partial charge in [-0.05, 0) is 41.1 Å². The van der Waals surface area contributed by atoms with Gasteiger partial charge in [-0.25, -0.2) is 4.79 Å². The quantitative estimate of drug-likeness (QED) is 0.458. The Morgan fingerprint density at radius 3 is 2.29 bits per heavy atom. The summed E-state index contributed by atoms with van der Waals surface area (Å²) in [5, 5.41) is 14.2. The number of hydrogen-bond acceptors (Lipinski definition) is 6. The molecule has 178 valence electrons. The molecule has 0 saturated carbocycles. The molecule has 0 radical (unpaired) electrons. The zero-order valence-electron chi connectivity index (χ0n) is 19.8. The minimum absolute atomic E-state index is 0.144. The average molecular weight is 470 g/mol. The number of aromatic nitrogens is 2. The molecule has 8 heteroatoms. The largest absolute Gasteiger partial charge is 0.493 e. The maximum absolute atomic E-state index is 12.8. The van der Waals surface area contributed by atoms with E-state index in [0.717, 1.165) is 17.1 Å². The Labute approximate surface area is 204 Å². The zero-order valence-corrected chi connectivity index (χ0v) is 19.8. The monoisotopic (exact) mass is 469 g/mol. The van der Waals surface area contributed by atoms with Crippen molar-refractivity contribution in [1.82, 2.24) is 15.1 Å². The van der Waals surface area contributed by atoms with Gasteiger partial charge in [0.1, 0.15) is 0 Å². The third-order valence-corrected chi connectivity index (χ3v) is 6.22. The highest BCUT2D eigenvalue weighted by molar-refractivity contribution is 5.90. The second-order valence-electron chi connectivity index (χ2n) is 8.31. The van der Waals surface area contributed by atoms with Gasteiger partial charge in [0.25, 0.3) is 0 Å². The zero-order chi connectivity index (χ0) is 24.2. The van der Waals surface area contributed by atoms with Crippen molar-refractivity contribution in [2.45, 2.75) is 0 Å². The van der Waals surface area contributed by atoms with Gasteiger partial charge in [-0.1, -0.05) is 36.4 Å². The molecule has 1 fully saturated rings. The number of rotatable bonds is 5. The van der Waals surface area contributed by atoms with E-state index in [1.807, 2.05) is 24.3 Å². The van der Waals surface area contributed by atoms with Crippen molar-refractivity contribution in [3.63, 3.8) is 0 Å². The lowest BCUT2D eigenvalue weighted by Gasteiger charge is -2.35. The van der Waals surface area contributed by atoms with Gasteiger partial charge in [0.15, 0.2) is 17.3 Å². The van der Waals surface area contributed by atoms with Crippen molar-refractivity contribution in [2.75, 3.05) is 50.6 Å². The summed E-state index contributed by atoms with van der Waals surface area (Å²) in [6, 6.07) is 23.8. The molecule has 0 aliphatic carbocycles. The SMILES string of the molecule is COc1ccc(NC(=O)N2CCN(c3ccc(-c4ccc5ccccc5c4)nn3)CC2)cc1OC. The third kappa shape index (κ3) is 4.82. The van der Waals surface area contributed by atoms with Gasteiger partial charge >= 0.3 is 6.03 Å². The molecule has 8 nitrogen and oxygen atoms in total. The highest BCUT2D eigenvalue weighted by Gasteiger charge is 2.22. The van der Waals surface area contributed by atoms with E-state index in [1.165, 1.54) is 10.8 Å². The molecular weight excluding hydrogens is 442 g/mol. The Bertz CT molecular complexity index is 1330. The number of benzene rings is 3. The summed E-state index contributed by atoms with van der Waals surface area (Å²) in [4.78, 5) is 16.7. The maximum Gasteiger partial charge on any atom is 0.321 e. The summed E-state index contributed by atoms with van der Waals surface area (Å²) in [5.41, 5.74) is 2.54. The van der Waals surface area contributed by atoms with Crippen molar-refractivity contribution < 1.29 is 14.3 Å². The van der Waals surface area contributed by atoms with Crippen LogP contribution in [0.5, 0.6) is 11.5 Å². The van der Waals surface area contributed by atoms with Crippen molar-refractivity contribution in [3.05, 3.63) is 72.8 Å². The minimum Gasteiger partial charge on any atom is -0.493 e. The van der Waals surface area contributed by atoms with Crippen LogP contribution in [0.2, 0.25) is 0 Å². The van der Waals surface area contributed by atoms with E-state index in [4.69, 9.17) is 9.47 Å². The predicted molar refractivity (Wildman–Crippen MR) is 137 cm³/mol. The van der Waals surface area contributed by atoms with E-state index in [1.54, 1.807) is 37.3 Å². The summed E-state index contributed by atoms with van der Waals surface area (Å²) < 4.78 is 10.6. The number of carbonyl (C=O) groups is 1. The molecule has 3 aromatic carbocycles. The lowest BCUT2D eigenvalue weighted by molar-refractivity contribution is 0.208. The van der Waals surface area contributed by atoms with Crippen LogP contribution in [0.1, 0.15) is 0 Å². The van der Waals surface area contributed by atoms with Gasteiger partial charge < -0.3 is 24.6 Å². The number of piperazine rings is 1. The topological polar surface area (TPSA) is 79.8 Å². The van der Waals surface area contributed by atoms with Gasteiger partial charge in [0.2, 0.25) is 0 Å². The van der Waals surface area contributed by atoms with Crippen LogP contribution < -0.4 is 19.7 Å². The van der Waals surface area contributed by atoms with Crippen molar-refractivity contribution in [3.8, 4) is 22.8 Å². The fraction of sp³-hybridized carbons (Fsp3) is 0.222. The number of carbonyl (C=O) groups excluding carboxylic acids is 1. The van der Waals surface area contributed by atoms with E-state index in [2.05, 4.69) is 50.7 Å². The molecule has 1 aromatic heterocycles. The number of urea groups is 1. The van der Waals surface area contributed by atoms with E-state index >= 15 is 0 Å². The van der Waals surface area contributed by atoms with Crippen molar-refractivity contribution in [2.24, 2.45) is 0 Å². The van der Waals surface area contributed by atoms with Crippen LogP contribution in [0.15, 0.2) is 72.8 Å². The number of fused-ring (bicyclic) bond motifs is 1. The Hall–Kier alpha value is -4.33. The van der Waals surface area contributed by atoms with Gasteiger partial charge in [0, 0.05) is 43.5 Å². The van der Waals surface area contributed by atoms with Crippen LogP contribution >= 0.6 is 0 Å². The first kappa shape index (κ1) is 22.5. The van der Waals surface area contributed by atoms with Gasteiger partial charge in [0.05, 0.1) is 19.9 Å². The first-order valence-electron chi connectivity index (χ1n) is 11.5. The molecule has 1 aliphatic heterocycles. The average Bonchev–Trinajstić information content (AvgIpc) is 2.93. The number of nitrogens with zero attached hydrogens (tertiary/aromatic N) is 4.